The number of rotatable bonds is 5. The summed E-state index contributed by atoms with van der Waals surface area (Å²) >= 11 is 6.09. The standard InChI is InChI=1S/C22H26ClF3N4O6S/c1-13-11-18(14(2)10-16(13)23)37(34,35)30-9-8-29(15-4-3-6-27-7-5-15)20(32)17(30)12-19(31)28-36-21(33)22(24,25)26/h8-11,15,17,27H,3-7,12H2,1-2H3,(H,28,31)/t15?,17-/m1/s1. The first-order valence-electron chi connectivity index (χ1n) is 11.3. The van der Waals surface area contributed by atoms with Crippen molar-refractivity contribution in [2.75, 3.05) is 13.1 Å². The maximum absolute atomic E-state index is 13.6. The molecule has 1 aromatic rings. The summed E-state index contributed by atoms with van der Waals surface area (Å²) in [5.41, 5.74) is 2.09. The van der Waals surface area contributed by atoms with Crippen molar-refractivity contribution in [3.63, 3.8) is 0 Å². The van der Waals surface area contributed by atoms with Gasteiger partial charge in [0.25, 0.3) is 21.8 Å². The van der Waals surface area contributed by atoms with Crippen molar-refractivity contribution in [3.05, 3.63) is 40.7 Å². The van der Waals surface area contributed by atoms with Gasteiger partial charge in [-0.1, -0.05) is 11.6 Å². The summed E-state index contributed by atoms with van der Waals surface area (Å²) in [6, 6.07) is 0.849. The van der Waals surface area contributed by atoms with E-state index in [9.17, 15) is 36.0 Å². The van der Waals surface area contributed by atoms with E-state index >= 15 is 0 Å². The average Bonchev–Trinajstić information content (AvgIpc) is 3.09. The molecule has 2 aliphatic heterocycles. The predicted octanol–water partition coefficient (Wildman–Crippen LogP) is 2.30. The van der Waals surface area contributed by atoms with E-state index in [2.05, 4.69) is 10.2 Å². The third-order valence-electron chi connectivity index (χ3n) is 6.04. The minimum Gasteiger partial charge on any atom is -0.332 e. The van der Waals surface area contributed by atoms with Crippen LogP contribution in [0.1, 0.15) is 36.8 Å². The number of benzene rings is 1. The molecule has 1 saturated heterocycles. The van der Waals surface area contributed by atoms with E-state index in [0.29, 0.717) is 34.3 Å². The molecule has 10 nitrogen and oxygen atoms in total. The molecule has 37 heavy (non-hydrogen) atoms. The van der Waals surface area contributed by atoms with E-state index in [4.69, 9.17) is 11.6 Å². The van der Waals surface area contributed by atoms with Crippen LogP contribution >= 0.6 is 11.6 Å². The lowest BCUT2D eigenvalue weighted by Gasteiger charge is -2.39. The minimum absolute atomic E-state index is 0.159. The number of amides is 2. The summed E-state index contributed by atoms with van der Waals surface area (Å²) in [4.78, 5) is 41.8. The molecule has 204 valence electrons. The number of carbonyl (C=O) groups is 3. The molecule has 0 spiro atoms. The van der Waals surface area contributed by atoms with E-state index in [-0.39, 0.29) is 16.5 Å². The van der Waals surface area contributed by atoms with Crippen molar-refractivity contribution in [3.8, 4) is 0 Å². The number of nitrogens with one attached hydrogen (secondary N) is 2. The molecule has 2 atom stereocenters. The Morgan fingerprint density at radius 1 is 1.16 bits per heavy atom. The largest absolute Gasteiger partial charge is 0.493 e. The highest BCUT2D eigenvalue weighted by atomic mass is 35.5. The highest BCUT2D eigenvalue weighted by Crippen LogP contribution is 2.31. The van der Waals surface area contributed by atoms with Crippen molar-refractivity contribution in [1.29, 1.82) is 0 Å². The van der Waals surface area contributed by atoms with Crippen LogP contribution in [0.15, 0.2) is 29.4 Å². The molecular formula is C22H26ClF3N4O6S. The van der Waals surface area contributed by atoms with Crippen molar-refractivity contribution < 1.29 is 40.8 Å². The summed E-state index contributed by atoms with van der Waals surface area (Å²) in [6.07, 6.45) is -1.84. The first-order valence-corrected chi connectivity index (χ1v) is 13.1. The van der Waals surface area contributed by atoms with Gasteiger partial charge in [-0.15, -0.1) is 0 Å². The monoisotopic (exact) mass is 566 g/mol. The van der Waals surface area contributed by atoms with Gasteiger partial charge in [-0.2, -0.15) is 18.7 Å². The molecule has 2 aliphatic rings. The second-order valence-electron chi connectivity index (χ2n) is 8.71. The smallest absolute Gasteiger partial charge is 0.332 e. The Bertz CT molecular complexity index is 1200. The van der Waals surface area contributed by atoms with Gasteiger partial charge < -0.3 is 15.1 Å². The van der Waals surface area contributed by atoms with Gasteiger partial charge in [0.2, 0.25) is 0 Å². The number of aryl methyl sites for hydroxylation is 2. The maximum atomic E-state index is 13.6. The van der Waals surface area contributed by atoms with Crippen molar-refractivity contribution in [2.45, 2.75) is 62.7 Å². The van der Waals surface area contributed by atoms with E-state index < -0.39 is 46.4 Å². The number of halogens is 4. The molecule has 0 aromatic heterocycles. The molecular weight excluding hydrogens is 541 g/mol. The molecule has 3 rings (SSSR count). The van der Waals surface area contributed by atoms with Gasteiger partial charge in [0, 0.05) is 23.5 Å². The van der Waals surface area contributed by atoms with Crippen LogP contribution < -0.4 is 10.8 Å². The lowest BCUT2D eigenvalue weighted by Crippen LogP contribution is -2.55. The Kier molecular flexibility index (Phi) is 8.75. The molecule has 1 unspecified atom stereocenters. The highest BCUT2D eigenvalue weighted by molar-refractivity contribution is 7.89. The fourth-order valence-electron chi connectivity index (χ4n) is 4.13. The molecule has 0 aliphatic carbocycles. The van der Waals surface area contributed by atoms with Crippen LogP contribution in [0.4, 0.5) is 13.2 Å². The topological polar surface area (TPSA) is 125 Å². The number of nitrogens with zero attached hydrogens (tertiary/aromatic N) is 2. The van der Waals surface area contributed by atoms with Crippen molar-refractivity contribution in [1.82, 2.24) is 20.0 Å². The first-order chi connectivity index (χ1) is 17.2. The molecule has 15 heteroatoms. The SMILES string of the molecule is Cc1cc(S(=O)(=O)N2C=CN(C3CCCNCC3)C(=O)[C@H]2CC(=O)NOC(=O)C(F)(F)F)c(C)cc1Cl. The third-order valence-corrected chi connectivity index (χ3v) is 8.37. The number of hydroxylamine groups is 1. The van der Waals surface area contributed by atoms with Crippen LogP contribution in [-0.2, 0) is 29.2 Å². The van der Waals surface area contributed by atoms with E-state index in [1.165, 1.54) is 35.6 Å². The van der Waals surface area contributed by atoms with Crippen LogP contribution in [0.2, 0.25) is 5.02 Å². The Morgan fingerprint density at radius 2 is 1.86 bits per heavy atom. The maximum Gasteiger partial charge on any atom is 0.493 e. The second-order valence-corrected chi connectivity index (χ2v) is 10.9. The van der Waals surface area contributed by atoms with Gasteiger partial charge >= 0.3 is 12.1 Å². The minimum atomic E-state index is -5.36. The van der Waals surface area contributed by atoms with Gasteiger partial charge in [-0.3, -0.25) is 13.9 Å². The zero-order valence-electron chi connectivity index (χ0n) is 20.0. The van der Waals surface area contributed by atoms with Gasteiger partial charge in [0.15, 0.2) is 0 Å². The number of carbonyl (C=O) groups excluding carboxylic acids is 3. The normalized spacial score (nSPS) is 21.0. The quantitative estimate of drug-likeness (QED) is 0.524. The zero-order valence-corrected chi connectivity index (χ0v) is 21.5. The average molecular weight is 567 g/mol. The van der Waals surface area contributed by atoms with E-state index in [1.54, 1.807) is 6.92 Å². The van der Waals surface area contributed by atoms with Crippen LogP contribution in [0.5, 0.6) is 0 Å². The molecule has 2 N–H and O–H groups in total. The van der Waals surface area contributed by atoms with Gasteiger partial charge in [-0.05, 0) is 69.5 Å². The van der Waals surface area contributed by atoms with Crippen LogP contribution in [0, 0.1) is 13.8 Å². The van der Waals surface area contributed by atoms with E-state index in [0.717, 1.165) is 19.2 Å². The number of hydrogen-bond acceptors (Lipinski definition) is 7. The number of alkyl halides is 3. The number of sulfonamides is 1. The summed E-state index contributed by atoms with van der Waals surface area (Å²) < 4.78 is 65.2. The lowest BCUT2D eigenvalue weighted by molar-refractivity contribution is -0.207. The lowest BCUT2D eigenvalue weighted by atomic mass is 10.0. The van der Waals surface area contributed by atoms with Crippen LogP contribution in [-0.4, -0.2) is 66.8 Å². The van der Waals surface area contributed by atoms with Gasteiger partial charge in [0.1, 0.15) is 6.04 Å². The number of hydrogen-bond donors (Lipinski definition) is 2. The van der Waals surface area contributed by atoms with Gasteiger partial charge in [-0.25, -0.2) is 13.2 Å². The molecule has 2 heterocycles. The second kappa shape index (κ2) is 11.3. The van der Waals surface area contributed by atoms with Crippen LogP contribution in [0.3, 0.4) is 0 Å². The third kappa shape index (κ3) is 6.54. The van der Waals surface area contributed by atoms with Crippen molar-refractivity contribution in [2.24, 2.45) is 0 Å². The first kappa shape index (κ1) is 28.7. The fraction of sp³-hybridized carbons (Fsp3) is 0.500. The van der Waals surface area contributed by atoms with Crippen LogP contribution in [0.25, 0.3) is 0 Å². The summed E-state index contributed by atoms with van der Waals surface area (Å²) in [6.45, 7) is 4.47. The van der Waals surface area contributed by atoms with Crippen molar-refractivity contribution >= 4 is 39.4 Å². The zero-order chi connectivity index (χ0) is 27.5. The Balaban J connectivity index is 1.95. The Hall–Kier alpha value is -2.84. The molecule has 1 fully saturated rings. The molecule has 0 radical (unpaired) electrons. The summed E-state index contributed by atoms with van der Waals surface area (Å²) in [7, 11) is -4.42. The summed E-state index contributed by atoms with van der Waals surface area (Å²) in [5.74, 6) is -4.70. The molecule has 1 aromatic carbocycles. The Morgan fingerprint density at radius 3 is 2.54 bits per heavy atom. The fourth-order valence-corrected chi connectivity index (χ4v) is 6.08. The molecule has 2 amide bonds. The highest BCUT2D eigenvalue weighted by Gasteiger charge is 2.44. The molecule has 0 bridgehead atoms. The molecule has 0 saturated carbocycles. The predicted molar refractivity (Wildman–Crippen MR) is 125 cm³/mol. The Labute approximate surface area is 216 Å². The summed E-state index contributed by atoms with van der Waals surface area (Å²) in [5, 5.41) is 3.53. The van der Waals surface area contributed by atoms with E-state index in [1.807, 2.05) is 0 Å². The van der Waals surface area contributed by atoms with Gasteiger partial charge in [0.05, 0.1) is 11.3 Å².